The molecule has 0 bridgehead atoms. The normalized spacial score (nSPS) is 11.2. The van der Waals surface area contributed by atoms with Crippen molar-refractivity contribution in [3.05, 3.63) is 108 Å². The summed E-state index contributed by atoms with van der Waals surface area (Å²) >= 11 is 0. The molecule has 2 aromatic heterocycles. The molecule has 5 aromatic rings. The number of nitrogens with zero attached hydrogens (tertiary/aromatic N) is 3. The van der Waals surface area contributed by atoms with Gasteiger partial charge in [-0.1, -0.05) is 48.5 Å². The van der Waals surface area contributed by atoms with Crippen molar-refractivity contribution in [2.45, 2.75) is 20.1 Å². The van der Waals surface area contributed by atoms with Gasteiger partial charge in [0, 0.05) is 29.3 Å². The molecule has 6 nitrogen and oxygen atoms in total. The summed E-state index contributed by atoms with van der Waals surface area (Å²) in [6.07, 6.45) is 2.08. The molecule has 3 N–H and O–H groups in total. The molecule has 5 rings (SSSR count). The summed E-state index contributed by atoms with van der Waals surface area (Å²) in [5, 5.41) is 14.6. The Morgan fingerprint density at radius 1 is 0.909 bits per heavy atom. The molecule has 0 radical (unpaired) electrons. The molecule has 2 heterocycles. The Balaban J connectivity index is 1.38. The molecule has 0 spiro atoms. The maximum absolute atomic E-state index is 11.4. The number of rotatable bonds is 6. The lowest BCUT2D eigenvalue weighted by Gasteiger charge is -2.09. The zero-order chi connectivity index (χ0) is 22.9. The Morgan fingerprint density at radius 2 is 1.58 bits per heavy atom. The van der Waals surface area contributed by atoms with Gasteiger partial charge >= 0.3 is 0 Å². The summed E-state index contributed by atoms with van der Waals surface area (Å²) in [7, 11) is 0. The fourth-order valence-electron chi connectivity index (χ4n) is 4.12. The molecule has 0 aliphatic heterocycles. The molecule has 0 fully saturated rings. The van der Waals surface area contributed by atoms with Crippen LogP contribution in [0.2, 0.25) is 0 Å². The number of benzene rings is 3. The molecule has 0 saturated heterocycles. The van der Waals surface area contributed by atoms with Gasteiger partial charge in [0.1, 0.15) is 0 Å². The van der Waals surface area contributed by atoms with Crippen molar-refractivity contribution in [2.75, 3.05) is 0 Å². The van der Waals surface area contributed by atoms with E-state index in [0.717, 1.165) is 45.5 Å². The number of nitrogens with two attached hydrogens (primary N) is 1. The standard InChI is InChI=1S/C27H24N4O2/c1-18-14-25(27(28)33)29-31(18)24-10-11-26-23(15-24)12-13-30(26)16-19-2-6-21(7-3-19)22-8-4-20(17-32)5-9-22/h2-15,32H,16-17H2,1H3,(H2,28,33). The maximum atomic E-state index is 11.4. The smallest absolute Gasteiger partial charge is 0.269 e. The third-order valence-corrected chi connectivity index (χ3v) is 5.92. The Labute approximate surface area is 191 Å². The van der Waals surface area contributed by atoms with Gasteiger partial charge in [0.15, 0.2) is 5.69 Å². The lowest BCUT2D eigenvalue weighted by Crippen LogP contribution is -2.12. The van der Waals surface area contributed by atoms with Gasteiger partial charge in [0.2, 0.25) is 0 Å². The van der Waals surface area contributed by atoms with Crippen molar-refractivity contribution in [1.82, 2.24) is 14.3 Å². The van der Waals surface area contributed by atoms with E-state index in [-0.39, 0.29) is 12.3 Å². The quantitative estimate of drug-likeness (QED) is 0.413. The molecular weight excluding hydrogens is 412 g/mol. The van der Waals surface area contributed by atoms with E-state index in [0.29, 0.717) is 0 Å². The van der Waals surface area contributed by atoms with E-state index in [2.05, 4.69) is 58.3 Å². The predicted octanol–water partition coefficient (Wildman–Crippen LogP) is 4.44. The molecule has 0 aliphatic carbocycles. The fourth-order valence-corrected chi connectivity index (χ4v) is 4.12. The molecule has 1 amide bonds. The molecule has 0 atom stereocenters. The predicted molar refractivity (Wildman–Crippen MR) is 129 cm³/mol. The third kappa shape index (κ3) is 4.04. The number of aliphatic hydroxyl groups excluding tert-OH is 1. The second kappa shape index (κ2) is 8.41. The van der Waals surface area contributed by atoms with Crippen molar-refractivity contribution in [3.63, 3.8) is 0 Å². The minimum absolute atomic E-state index is 0.0570. The van der Waals surface area contributed by atoms with Crippen molar-refractivity contribution < 1.29 is 9.90 Å². The van der Waals surface area contributed by atoms with Crippen LogP contribution in [0.3, 0.4) is 0 Å². The van der Waals surface area contributed by atoms with E-state index >= 15 is 0 Å². The first-order valence-electron chi connectivity index (χ1n) is 10.8. The van der Waals surface area contributed by atoms with E-state index in [9.17, 15) is 9.90 Å². The molecular formula is C27H24N4O2. The van der Waals surface area contributed by atoms with E-state index in [1.807, 2.05) is 37.3 Å². The summed E-state index contributed by atoms with van der Waals surface area (Å²) in [5.41, 5.74) is 12.9. The summed E-state index contributed by atoms with van der Waals surface area (Å²) in [6.45, 7) is 2.72. The number of hydrogen-bond donors (Lipinski definition) is 2. The SMILES string of the molecule is Cc1cc(C(N)=O)nn1-c1ccc2c(ccn2Cc2ccc(-c3ccc(CO)cc3)cc2)c1. The Kier molecular flexibility index (Phi) is 5.28. The van der Waals surface area contributed by atoms with Crippen LogP contribution in [0.5, 0.6) is 0 Å². The second-order valence-electron chi connectivity index (χ2n) is 8.19. The molecule has 33 heavy (non-hydrogen) atoms. The van der Waals surface area contributed by atoms with Gasteiger partial charge < -0.3 is 15.4 Å². The zero-order valence-corrected chi connectivity index (χ0v) is 18.3. The van der Waals surface area contributed by atoms with Crippen LogP contribution >= 0.6 is 0 Å². The van der Waals surface area contributed by atoms with Crippen molar-refractivity contribution in [3.8, 4) is 16.8 Å². The van der Waals surface area contributed by atoms with Crippen LogP contribution in [0.1, 0.15) is 27.3 Å². The molecule has 6 heteroatoms. The average Bonchev–Trinajstić information content (AvgIpc) is 3.43. The zero-order valence-electron chi connectivity index (χ0n) is 18.3. The van der Waals surface area contributed by atoms with E-state index in [1.165, 1.54) is 5.56 Å². The van der Waals surface area contributed by atoms with Gasteiger partial charge in [-0.05, 0) is 59.5 Å². The van der Waals surface area contributed by atoms with Gasteiger partial charge in [-0.2, -0.15) is 5.10 Å². The monoisotopic (exact) mass is 436 g/mol. The Hall–Kier alpha value is -4.16. The molecule has 0 saturated carbocycles. The van der Waals surface area contributed by atoms with E-state index < -0.39 is 5.91 Å². The van der Waals surface area contributed by atoms with Gasteiger partial charge in [-0.25, -0.2) is 4.68 Å². The number of fused-ring (bicyclic) bond motifs is 1. The van der Waals surface area contributed by atoms with E-state index in [4.69, 9.17) is 5.73 Å². The van der Waals surface area contributed by atoms with Crippen LogP contribution < -0.4 is 5.73 Å². The first kappa shape index (κ1) is 20.7. The first-order valence-corrected chi connectivity index (χ1v) is 10.8. The number of aliphatic hydroxyl groups is 1. The van der Waals surface area contributed by atoms with Crippen LogP contribution in [0, 0.1) is 6.92 Å². The number of amides is 1. The Morgan fingerprint density at radius 3 is 2.18 bits per heavy atom. The van der Waals surface area contributed by atoms with Gasteiger partial charge in [0.05, 0.1) is 12.3 Å². The number of aryl methyl sites for hydroxylation is 1. The highest BCUT2D eigenvalue weighted by molar-refractivity contribution is 5.91. The van der Waals surface area contributed by atoms with Crippen LogP contribution in [-0.4, -0.2) is 25.4 Å². The van der Waals surface area contributed by atoms with E-state index in [1.54, 1.807) is 10.7 Å². The summed E-state index contributed by atoms with van der Waals surface area (Å²) in [6, 6.07) is 26.4. The molecule has 0 aliphatic rings. The van der Waals surface area contributed by atoms with Crippen molar-refractivity contribution >= 4 is 16.8 Å². The van der Waals surface area contributed by atoms with Gasteiger partial charge in [0.25, 0.3) is 5.91 Å². The van der Waals surface area contributed by atoms with Crippen LogP contribution in [0.25, 0.3) is 27.7 Å². The maximum Gasteiger partial charge on any atom is 0.269 e. The molecule has 164 valence electrons. The summed E-state index contributed by atoms with van der Waals surface area (Å²) in [4.78, 5) is 11.4. The number of aromatic nitrogens is 3. The Bertz CT molecular complexity index is 1440. The van der Waals surface area contributed by atoms with Crippen LogP contribution in [0.15, 0.2) is 85.1 Å². The fraction of sp³-hybridized carbons (Fsp3) is 0.111. The first-order chi connectivity index (χ1) is 16.0. The van der Waals surface area contributed by atoms with Crippen LogP contribution in [-0.2, 0) is 13.2 Å². The third-order valence-electron chi connectivity index (χ3n) is 5.92. The highest BCUT2D eigenvalue weighted by Crippen LogP contribution is 2.24. The molecule has 0 unspecified atom stereocenters. The van der Waals surface area contributed by atoms with Gasteiger partial charge in [-0.3, -0.25) is 4.79 Å². The highest BCUT2D eigenvalue weighted by Gasteiger charge is 2.11. The lowest BCUT2D eigenvalue weighted by atomic mass is 10.0. The van der Waals surface area contributed by atoms with Crippen LogP contribution in [0.4, 0.5) is 0 Å². The number of carbonyl (C=O) groups is 1. The summed E-state index contributed by atoms with van der Waals surface area (Å²) in [5.74, 6) is -0.530. The minimum atomic E-state index is -0.530. The number of carbonyl (C=O) groups excluding carboxylic acids is 1. The minimum Gasteiger partial charge on any atom is -0.392 e. The van der Waals surface area contributed by atoms with Gasteiger partial charge in [-0.15, -0.1) is 0 Å². The number of hydrogen-bond acceptors (Lipinski definition) is 3. The van der Waals surface area contributed by atoms with Crippen molar-refractivity contribution in [1.29, 1.82) is 0 Å². The summed E-state index contributed by atoms with van der Waals surface area (Å²) < 4.78 is 3.96. The molecule has 3 aromatic carbocycles. The number of primary amides is 1. The second-order valence-corrected chi connectivity index (χ2v) is 8.19. The highest BCUT2D eigenvalue weighted by atomic mass is 16.3. The largest absolute Gasteiger partial charge is 0.392 e. The average molecular weight is 437 g/mol. The van der Waals surface area contributed by atoms with Crippen molar-refractivity contribution in [2.24, 2.45) is 5.73 Å². The topological polar surface area (TPSA) is 86.1 Å². The lowest BCUT2D eigenvalue weighted by molar-refractivity contribution is 0.0995.